The molecule has 0 spiro atoms. The molecule has 0 fully saturated rings. The van der Waals surface area contributed by atoms with Crippen molar-refractivity contribution < 1.29 is 9.53 Å². The van der Waals surface area contributed by atoms with E-state index in [0.29, 0.717) is 18.4 Å². The molecule has 3 N–H and O–H groups in total. The van der Waals surface area contributed by atoms with Crippen LogP contribution in [0.25, 0.3) is 0 Å². The Kier molecular flexibility index (Phi) is 8.33. The van der Waals surface area contributed by atoms with Crippen molar-refractivity contribution in [1.29, 1.82) is 0 Å². The molecule has 0 aliphatic rings. The number of ether oxygens (including phenoxy) is 1. The van der Waals surface area contributed by atoms with Crippen molar-refractivity contribution in [3.05, 3.63) is 0 Å². The fourth-order valence-corrected chi connectivity index (χ4v) is 1.48. The molecule has 4 nitrogen and oxygen atoms in total. The predicted molar refractivity (Wildman–Crippen MR) is 61.1 cm³/mol. The van der Waals surface area contributed by atoms with Gasteiger partial charge in [-0.25, -0.2) is 5.84 Å². The Labute approximate surface area is 92.5 Å². The number of unbranched alkanes of at least 4 members (excludes halogenated alkanes) is 1. The van der Waals surface area contributed by atoms with Crippen LogP contribution in [0.5, 0.6) is 0 Å². The Hall–Kier alpha value is -0.610. The maximum atomic E-state index is 10.8. The third kappa shape index (κ3) is 9.69. The third-order valence-corrected chi connectivity index (χ3v) is 2.16. The van der Waals surface area contributed by atoms with Crippen molar-refractivity contribution in [2.75, 3.05) is 6.61 Å². The summed E-state index contributed by atoms with van der Waals surface area (Å²) in [6, 6.07) is 0. The minimum atomic E-state index is -0.106. The minimum absolute atomic E-state index is 0.106. The van der Waals surface area contributed by atoms with Gasteiger partial charge >= 0.3 is 0 Å². The summed E-state index contributed by atoms with van der Waals surface area (Å²) in [5, 5.41) is 0. The second-order valence-electron chi connectivity index (χ2n) is 4.34. The van der Waals surface area contributed by atoms with Crippen LogP contribution in [0, 0.1) is 5.92 Å². The second kappa shape index (κ2) is 8.68. The third-order valence-electron chi connectivity index (χ3n) is 2.16. The molecule has 0 aromatic heterocycles. The molecule has 0 aliphatic heterocycles. The molecule has 1 amide bonds. The van der Waals surface area contributed by atoms with Crippen molar-refractivity contribution in [2.45, 2.75) is 52.6 Å². The lowest BCUT2D eigenvalue weighted by molar-refractivity contribution is -0.121. The van der Waals surface area contributed by atoms with E-state index in [0.717, 1.165) is 25.9 Å². The van der Waals surface area contributed by atoms with Crippen molar-refractivity contribution in [2.24, 2.45) is 11.8 Å². The first-order valence-corrected chi connectivity index (χ1v) is 5.67. The van der Waals surface area contributed by atoms with Crippen LogP contribution in [-0.2, 0) is 9.53 Å². The van der Waals surface area contributed by atoms with Crippen LogP contribution in [0.2, 0.25) is 0 Å². The highest BCUT2D eigenvalue weighted by atomic mass is 16.5. The van der Waals surface area contributed by atoms with Crippen LogP contribution in [0.3, 0.4) is 0 Å². The van der Waals surface area contributed by atoms with Gasteiger partial charge in [0.15, 0.2) is 0 Å². The van der Waals surface area contributed by atoms with E-state index in [2.05, 4.69) is 26.2 Å². The molecule has 90 valence electrons. The number of nitrogens with two attached hydrogens (primary N) is 1. The lowest BCUT2D eigenvalue weighted by Gasteiger charge is -2.14. The lowest BCUT2D eigenvalue weighted by Crippen LogP contribution is -2.29. The molecular weight excluding hydrogens is 192 g/mol. The first-order chi connectivity index (χ1) is 7.06. The van der Waals surface area contributed by atoms with E-state index in [1.165, 1.54) is 0 Å². The average molecular weight is 216 g/mol. The molecule has 0 heterocycles. The summed E-state index contributed by atoms with van der Waals surface area (Å²) in [6.45, 7) is 7.19. The van der Waals surface area contributed by atoms with Gasteiger partial charge in [0.1, 0.15) is 0 Å². The molecule has 1 atom stereocenters. The summed E-state index contributed by atoms with van der Waals surface area (Å²) in [7, 11) is 0. The van der Waals surface area contributed by atoms with Gasteiger partial charge in [-0.2, -0.15) is 0 Å². The van der Waals surface area contributed by atoms with Gasteiger partial charge in [0, 0.05) is 13.0 Å². The van der Waals surface area contributed by atoms with E-state index in [4.69, 9.17) is 10.6 Å². The Morgan fingerprint density at radius 1 is 1.33 bits per heavy atom. The van der Waals surface area contributed by atoms with Gasteiger partial charge in [-0.15, -0.1) is 0 Å². The molecule has 0 aromatic rings. The smallest absolute Gasteiger partial charge is 0.233 e. The molecule has 0 saturated heterocycles. The zero-order chi connectivity index (χ0) is 11.7. The highest BCUT2D eigenvalue weighted by Gasteiger charge is 2.05. The Balaban J connectivity index is 3.27. The lowest BCUT2D eigenvalue weighted by atomic mass is 10.1. The maximum Gasteiger partial charge on any atom is 0.233 e. The molecule has 0 rings (SSSR count). The largest absolute Gasteiger partial charge is 0.378 e. The zero-order valence-corrected chi connectivity index (χ0v) is 10.1. The summed E-state index contributed by atoms with van der Waals surface area (Å²) in [4.78, 5) is 10.8. The highest BCUT2D eigenvalue weighted by Crippen LogP contribution is 2.08. The van der Waals surface area contributed by atoms with E-state index in [1.54, 1.807) is 0 Å². The number of carbonyl (C=O) groups is 1. The molecule has 15 heavy (non-hydrogen) atoms. The van der Waals surface area contributed by atoms with E-state index in [1.807, 2.05) is 0 Å². The molecule has 1 unspecified atom stereocenters. The Morgan fingerprint density at radius 3 is 2.53 bits per heavy atom. The van der Waals surface area contributed by atoms with Crippen LogP contribution in [0.4, 0.5) is 0 Å². The first kappa shape index (κ1) is 14.4. The molecule has 0 aromatic carbocycles. The quantitative estimate of drug-likeness (QED) is 0.280. The Bertz CT molecular complexity index is 172. The fraction of sp³-hybridized carbons (Fsp3) is 0.909. The van der Waals surface area contributed by atoms with E-state index in [9.17, 15) is 4.79 Å². The van der Waals surface area contributed by atoms with Crippen molar-refractivity contribution in [3.8, 4) is 0 Å². The summed E-state index contributed by atoms with van der Waals surface area (Å²) in [5.41, 5.74) is 2.11. The summed E-state index contributed by atoms with van der Waals surface area (Å²) >= 11 is 0. The van der Waals surface area contributed by atoms with Crippen LogP contribution < -0.4 is 11.3 Å². The predicted octanol–water partition coefficient (Wildman–Crippen LogP) is 1.60. The number of nitrogens with one attached hydrogen (secondary N) is 1. The van der Waals surface area contributed by atoms with E-state index in [-0.39, 0.29) is 5.91 Å². The number of hydrogen-bond donors (Lipinski definition) is 2. The summed E-state index contributed by atoms with van der Waals surface area (Å²) in [5.74, 6) is 5.52. The molecule has 0 saturated carbocycles. The van der Waals surface area contributed by atoms with Gasteiger partial charge in [0.25, 0.3) is 0 Å². The number of hydrogen-bond acceptors (Lipinski definition) is 3. The number of amides is 1. The SMILES string of the molecule is CC(C)CC(C)OCCCCC(=O)NN. The standard InChI is InChI=1S/C11H24N2O2/c1-9(2)8-10(3)15-7-5-4-6-11(14)13-12/h9-10H,4-8,12H2,1-3H3,(H,13,14). The van der Waals surface area contributed by atoms with Gasteiger partial charge in [0.05, 0.1) is 6.10 Å². The zero-order valence-electron chi connectivity index (χ0n) is 10.1. The number of hydrazine groups is 1. The topological polar surface area (TPSA) is 64.3 Å². The van der Waals surface area contributed by atoms with Gasteiger partial charge in [-0.3, -0.25) is 10.2 Å². The summed E-state index contributed by atoms with van der Waals surface area (Å²) in [6.07, 6.45) is 3.63. The van der Waals surface area contributed by atoms with Gasteiger partial charge in [-0.05, 0) is 32.1 Å². The fourth-order valence-electron chi connectivity index (χ4n) is 1.48. The van der Waals surface area contributed by atoms with E-state index >= 15 is 0 Å². The first-order valence-electron chi connectivity index (χ1n) is 5.67. The van der Waals surface area contributed by atoms with Crippen molar-refractivity contribution >= 4 is 5.91 Å². The molecular formula is C11H24N2O2. The van der Waals surface area contributed by atoms with Crippen molar-refractivity contribution in [1.82, 2.24) is 5.43 Å². The van der Waals surface area contributed by atoms with Crippen LogP contribution >= 0.6 is 0 Å². The Morgan fingerprint density at radius 2 is 2.00 bits per heavy atom. The van der Waals surface area contributed by atoms with Gasteiger partial charge in [0.2, 0.25) is 5.91 Å². The second-order valence-corrected chi connectivity index (χ2v) is 4.34. The van der Waals surface area contributed by atoms with Crippen LogP contribution in [0.1, 0.15) is 46.5 Å². The minimum Gasteiger partial charge on any atom is -0.378 e. The molecule has 0 radical (unpaired) electrons. The van der Waals surface area contributed by atoms with Gasteiger partial charge in [-0.1, -0.05) is 13.8 Å². The normalized spacial score (nSPS) is 12.9. The summed E-state index contributed by atoms with van der Waals surface area (Å²) < 4.78 is 5.61. The average Bonchev–Trinajstić information content (AvgIpc) is 2.15. The molecule has 0 bridgehead atoms. The van der Waals surface area contributed by atoms with Crippen LogP contribution in [-0.4, -0.2) is 18.6 Å². The van der Waals surface area contributed by atoms with E-state index < -0.39 is 0 Å². The van der Waals surface area contributed by atoms with Crippen LogP contribution in [0.15, 0.2) is 0 Å². The molecule has 4 heteroatoms. The monoisotopic (exact) mass is 216 g/mol. The maximum absolute atomic E-state index is 10.8. The highest BCUT2D eigenvalue weighted by molar-refractivity contribution is 5.74. The number of rotatable bonds is 8. The van der Waals surface area contributed by atoms with Crippen molar-refractivity contribution in [3.63, 3.8) is 0 Å². The molecule has 0 aliphatic carbocycles. The number of carbonyl (C=O) groups excluding carboxylic acids is 1. The van der Waals surface area contributed by atoms with Gasteiger partial charge < -0.3 is 4.74 Å².